The van der Waals surface area contributed by atoms with Crippen LogP contribution in [0.3, 0.4) is 0 Å². The molecule has 0 radical (unpaired) electrons. The first-order valence-corrected chi connectivity index (χ1v) is 4.08. The molecule has 0 saturated heterocycles. The van der Waals surface area contributed by atoms with E-state index in [0.29, 0.717) is 5.88 Å². The smallest absolute Gasteiger partial charge is 0.123 e. The molecular formula is C9H10ClF. The maximum absolute atomic E-state index is 12.6. The predicted octanol–water partition coefficient (Wildman–Crippen LogP) is 2.92. The molecule has 0 fully saturated rings. The van der Waals surface area contributed by atoms with Gasteiger partial charge in [0.2, 0.25) is 0 Å². The molecule has 0 heterocycles. The van der Waals surface area contributed by atoms with E-state index in [1.807, 2.05) is 6.92 Å². The number of hydrogen-bond donors (Lipinski definition) is 0. The van der Waals surface area contributed by atoms with Gasteiger partial charge in [-0.1, -0.05) is 6.07 Å². The van der Waals surface area contributed by atoms with E-state index in [9.17, 15) is 4.39 Å². The van der Waals surface area contributed by atoms with E-state index in [4.69, 9.17) is 11.6 Å². The second-order valence-corrected chi connectivity index (χ2v) is 2.89. The zero-order valence-electron chi connectivity index (χ0n) is 6.40. The normalized spacial score (nSPS) is 10.1. The van der Waals surface area contributed by atoms with Crippen LogP contribution in [-0.2, 0) is 6.42 Å². The Morgan fingerprint density at radius 2 is 2.18 bits per heavy atom. The van der Waals surface area contributed by atoms with Crippen molar-refractivity contribution in [2.45, 2.75) is 13.3 Å². The molecular weight excluding hydrogens is 163 g/mol. The Kier molecular flexibility index (Phi) is 2.89. The van der Waals surface area contributed by atoms with Crippen LogP contribution in [0.15, 0.2) is 18.2 Å². The molecule has 60 valence electrons. The van der Waals surface area contributed by atoms with Crippen LogP contribution in [0.2, 0.25) is 0 Å². The molecule has 0 nitrogen and oxygen atoms in total. The monoisotopic (exact) mass is 172 g/mol. The van der Waals surface area contributed by atoms with Gasteiger partial charge in [-0.2, -0.15) is 0 Å². The van der Waals surface area contributed by atoms with Gasteiger partial charge in [-0.3, -0.25) is 0 Å². The minimum atomic E-state index is -0.185. The molecule has 0 unspecified atom stereocenters. The van der Waals surface area contributed by atoms with Gasteiger partial charge in [-0.15, -0.1) is 11.6 Å². The van der Waals surface area contributed by atoms with Gasteiger partial charge in [0.05, 0.1) is 0 Å². The highest BCUT2D eigenvalue weighted by molar-refractivity contribution is 6.18. The molecule has 2 heteroatoms. The summed E-state index contributed by atoms with van der Waals surface area (Å²) >= 11 is 5.54. The minimum Gasteiger partial charge on any atom is -0.207 e. The molecule has 0 saturated carbocycles. The fourth-order valence-corrected chi connectivity index (χ4v) is 1.21. The van der Waals surface area contributed by atoms with Crippen molar-refractivity contribution < 1.29 is 4.39 Å². The summed E-state index contributed by atoms with van der Waals surface area (Å²) in [4.78, 5) is 0. The minimum absolute atomic E-state index is 0.185. The Morgan fingerprint density at radius 1 is 1.45 bits per heavy atom. The SMILES string of the molecule is Cc1ccc(F)cc1CCCl. The second-order valence-electron chi connectivity index (χ2n) is 2.51. The first-order valence-electron chi connectivity index (χ1n) is 3.55. The number of alkyl halides is 1. The summed E-state index contributed by atoms with van der Waals surface area (Å²) in [6.45, 7) is 1.96. The number of rotatable bonds is 2. The molecule has 0 amide bonds. The lowest BCUT2D eigenvalue weighted by atomic mass is 10.1. The number of aryl methyl sites for hydroxylation is 2. The standard InChI is InChI=1S/C9H10ClF/c1-7-2-3-9(11)6-8(7)4-5-10/h2-3,6H,4-5H2,1H3. The van der Waals surface area contributed by atoms with E-state index in [-0.39, 0.29) is 5.82 Å². The fraction of sp³-hybridized carbons (Fsp3) is 0.333. The van der Waals surface area contributed by atoms with Gasteiger partial charge in [0.15, 0.2) is 0 Å². The third-order valence-corrected chi connectivity index (χ3v) is 1.86. The molecule has 11 heavy (non-hydrogen) atoms. The predicted molar refractivity (Wildman–Crippen MR) is 45.6 cm³/mol. The van der Waals surface area contributed by atoms with Gasteiger partial charge in [0.1, 0.15) is 5.82 Å². The molecule has 0 aliphatic rings. The highest BCUT2D eigenvalue weighted by Gasteiger charge is 1.98. The van der Waals surface area contributed by atoms with Crippen LogP contribution in [0.5, 0.6) is 0 Å². The molecule has 0 atom stereocenters. The van der Waals surface area contributed by atoms with Gasteiger partial charge in [-0.25, -0.2) is 4.39 Å². The Bertz CT molecular complexity index is 245. The first-order chi connectivity index (χ1) is 5.24. The van der Waals surface area contributed by atoms with Crippen molar-refractivity contribution in [3.05, 3.63) is 35.1 Å². The molecule has 1 aromatic carbocycles. The van der Waals surface area contributed by atoms with Crippen molar-refractivity contribution in [1.29, 1.82) is 0 Å². The van der Waals surface area contributed by atoms with Crippen LogP contribution in [0.25, 0.3) is 0 Å². The Labute approximate surface area is 71.0 Å². The topological polar surface area (TPSA) is 0 Å². The number of benzene rings is 1. The van der Waals surface area contributed by atoms with E-state index < -0.39 is 0 Å². The van der Waals surface area contributed by atoms with Crippen LogP contribution in [-0.4, -0.2) is 5.88 Å². The van der Waals surface area contributed by atoms with Crippen molar-refractivity contribution in [1.82, 2.24) is 0 Å². The van der Waals surface area contributed by atoms with Crippen LogP contribution in [0, 0.1) is 12.7 Å². The molecule has 1 rings (SSSR count). The molecule has 0 aromatic heterocycles. The van der Waals surface area contributed by atoms with E-state index in [0.717, 1.165) is 17.5 Å². The lowest BCUT2D eigenvalue weighted by Crippen LogP contribution is -1.91. The van der Waals surface area contributed by atoms with E-state index in [1.165, 1.54) is 12.1 Å². The van der Waals surface area contributed by atoms with E-state index >= 15 is 0 Å². The second kappa shape index (κ2) is 3.72. The van der Waals surface area contributed by atoms with Crippen LogP contribution in [0.4, 0.5) is 4.39 Å². The van der Waals surface area contributed by atoms with Crippen molar-refractivity contribution in [3.63, 3.8) is 0 Å². The molecule has 0 bridgehead atoms. The summed E-state index contributed by atoms with van der Waals surface area (Å²) in [5.74, 6) is 0.361. The summed E-state index contributed by atoms with van der Waals surface area (Å²) in [6.07, 6.45) is 0.741. The maximum atomic E-state index is 12.6. The van der Waals surface area contributed by atoms with Crippen molar-refractivity contribution in [2.75, 3.05) is 5.88 Å². The molecule has 0 aliphatic heterocycles. The van der Waals surface area contributed by atoms with Gasteiger partial charge in [0, 0.05) is 5.88 Å². The molecule has 0 aliphatic carbocycles. The molecule has 0 N–H and O–H groups in total. The largest absolute Gasteiger partial charge is 0.207 e. The van der Waals surface area contributed by atoms with Gasteiger partial charge in [0.25, 0.3) is 0 Å². The van der Waals surface area contributed by atoms with Crippen molar-refractivity contribution in [2.24, 2.45) is 0 Å². The molecule has 0 spiro atoms. The Hall–Kier alpha value is -0.560. The third kappa shape index (κ3) is 2.19. The van der Waals surface area contributed by atoms with E-state index in [1.54, 1.807) is 6.07 Å². The maximum Gasteiger partial charge on any atom is 0.123 e. The summed E-state index contributed by atoms with van der Waals surface area (Å²) in [6, 6.07) is 4.78. The fourth-order valence-electron chi connectivity index (χ4n) is 1.01. The van der Waals surface area contributed by atoms with Gasteiger partial charge < -0.3 is 0 Å². The van der Waals surface area contributed by atoms with Crippen LogP contribution >= 0.6 is 11.6 Å². The lowest BCUT2D eigenvalue weighted by Gasteiger charge is -2.02. The Balaban J connectivity index is 2.93. The van der Waals surface area contributed by atoms with Gasteiger partial charge >= 0.3 is 0 Å². The van der Waals surface area contributed by atoms with Crippen molar-refractivity contribution >= 4 is 11.6 Å². The summed E-state index contributed by atoms with van der Waals surface area (Å²) < 4.78 is 12.6. The lowest BCUT2D eigenvalue weighted by molar-refractivity contribution is 0.625. The van der Waals surface area contributed by atoms with E-state index in [2.05, 4.69) is 0 Å². The van der Waals surface area contributed by atoms with Crippen molar-refractivity contribution in [3.8, 4) is 0 Å². The van der Waals surface area contributed by atoms with Crippen LogP contribution in [0.1, 0.15) is 11.1 Å². The average Bonchev–Trinajstić information content (AvgIpc) is 1.98. The summed E-state index contributed by atoms with van der Waals surface area (Å²) in [5.41, 5.74) is 2.10. The zero-order valence-corrected chi connectivity index (χ0v) is 7.16. The van der Waals surface area contributed by atoms with Crippen LogP contribution < -0.4 is 0 Å². The summed E-state index contributed by atoms with van der Waals surface area (Å²) in [7, 11) is 0. The zero-order chi connectivity index (χ0) is 8.27. The molecule has 1 aromatic rings. The average molecular weight is 173 g/mol. The Morgan fingerprint density at radius 3 is 2.82 bits per heavy atom. The highest BCUT2D eigenvalue weighted by atomic mass is 35.5. The number of hydrogen-bond acceptors (Lipinski definition) is 0. The quantitative estimate of drug-likeness (QED) is 0.602. The first kappa shape index (κ1) is 8.54. The number of halogens is 2. The highest BCUT2D eigenvalue weighted by Crippen LogP contribution is 2.10. The van der Waals surface area contributed by atoms with Gasteiger partial charge in [-0.05, 0) is 36.6 Å². The third-order valence-electron chi connectivity index (χ3n) is 1.68. The summed E-state index contributed by atoms with van der Waals surface area (Å²) in [5, 5.41) is 0.